The van der Waals surface area contributed by atoms with E-state index >= 15 is 0 Å². The van der Waals surface area contributed by atoms with Crippen molar-refractivity contribution in [3.05, 3.63) is 33.9 Å². The lowest BCUT2D eigenvalue weighted by atomic mass is 9.94. The molecule has 1 atom stereocenters. The molecule has 0 unspecified atom stereocenters. The normalized spacial score (nSPS) is 17.4. The Morgan fingerprint density at radius 2 is 2.21 bits per heavy atom. The topological polar surface area (TPSA) is 96.5 Å². The van der Waals surface area contributed by atoms with E-state index in [4.69, 9.17) is 4.74 Å². The first-order valence-electron chi connectivity index (χ1n) is 7.87. The summed E-state index contributed by atoms with van der Waals surface area (Å²) in [4.78, 5) is 24.7. The van der Waals surface area contributed by atoms with Gasteiger partial charge in [0.05, 0.1) is 11.0 Å². The summed E-state index contributed by atoms with van der Waals surface area (Å²) in [6, 6.07) is 6.05. The molecule has 1 aliphatic heterocycles. The number of benzene rings is 1. The maximum absolute atomic E-state index is 12.5. The number of carbonyl (C=O) groups excluding carboxylic acids is 1. The molecule has 1 aromatic rings. The first-order valence-corrected chi connectivity index (χ1v) is 7.87. The smallest absolute Gasteiger partial charge is 0.290 e. The molecule has 0 aromatic heterocycles. The highest BCUT2D eigenvalue weighted by Gasteiger charge is 2.35. The molecular formula is C17H21N3O4. The molecule has 1 heterocycles. The number of nitro groups is 1. The summed E-state index contributed by atoms with van der Waals surface area (Å²) in [6.45, 7) is 6.53. The molecule has 0 N–H and O–H groups in total. The molecule has 1 fully saturated rings. The van der Waals surface area contributed by atoms with Gasteiger partial charge in [0.15, 0.2) is 5.56 Å². The molecule has 24 heavy (non-hydrogen) atoms. The molecule has 0 aliphatic carbocycles. The van der Waals surface area contributed by atoms with Crippen molar-refractivity contribution in [2.24, 2.45) is 5.41 Å². The van der Waals surface area contributed by atoms with Crippen LogP contribution in [0.15, 0.2) is 18.2 Å². The van der Waals surface area contributed by atoms with Gasteiger partial charge in [0.25, 0.3) is 5.69 Å². The standard InChI is InChI=1S/C17H21N3O4/c1-17(2,3)16(21)19-9-5-6-12(19)11-24-15-8-4-7-14(20(22)23)13(15)10-18/h4,7-8,12H,5-6,9,11H2,1-3H3/t12-/m1/s1. The lowest BCUT2D eigenvalue weighted by Gasteiger charge is -2.30. The number of ether oxygens (including phenoxy) is 1. The highest BCUT2D eigenvalue weighted by atomic mass is 16.6. The number of nitriles is 1. The fraction of sp³-hybridized carbons (Fsp3) is 0.529. The molecule has 7 nitrogen and oxygen atoms in total. The molecule has 0 spiro atoms. The monoisotopic (exact) mass is 331 g/mol. The first-order chi connectivity index (χ1) is 11.3. The number of nitro benzene ring substituents is 1. The Bertz CT molecular complexity index is 688. The Morgan fingerprint density at radius 3 is 2.79 bits per heavy atom. The summed E-state index contributed by atoms with van der Waals surface area (Å²) in [7, 11) is 0. The third kappa shape index (κ3) is 3.65. The molecule has 1 aliphatic rings. The zero-order valence-electron chi connectivity index (χ0n) is 14.1. The molecule has 2 rings (SSSR count). The van der Waals surface area contributed by atoms with E-state index in [0.29, 0.717) is 6.54 Å². The van der Waals surface area contributed by atoms with Crippen molar-refractivity contribution in [2.45, 2.75) is 39.7 Å². The second kappa shape index (κ2) is 6.87. The van der Waals surface area contributed by atoms with Crippen LogP contribution in [0.5, 0.6) is 5.75 Å². The van der Waals surface area contributed by atoms with Crippen LogP contribution in [0.2, 0.25) is 0 Å². The van der Waals surface area contributed by atoms with Crippen molar-refractivity contribution >= 4 is 11.6 Å². The second-order valence-corrected chi connectivity index (χ2v) is 6.87. The maximum Gasteiger partial charge on any atom is 0.290 e. The fourth-order valence-corrected chi connectivity index (χ4v) is 2.80. The van der Waals surface area contributed by atoms with Gasteiger partial charge in [-0.05, 0) is 18.9 Å². The minimum atomic E-state index is -0.601. The van der Waals surface area contributed by atoms with Crippen molar-refractivity contribution in [3.63, 3.8) is 0 Å². The second-order valence-electron chi connectivity index (χ2n) is 6.87. The number of nitrogens with zero attached hydrogens (tertiary/aromatic N) is 3. The fourth-order valence-electron chi connectivity index (χ4n) is 2.80. The molecule has 1 saturated heterocycles. The van der Waals surface area contributed by atoms with Crippen LogP contribution in [-0.2, 0) is 4.79 Å². The van der Waals surface area contributed by atoms with Crippen LogP contribution >= 0.6 is 0 Å². The van der Waals surface area contributed by atoms with Crippen LogP contribution < -0.4 is 4.74 Å². The van der Waals surface area contributed by atoms with E-state index in [1.807, 2.05) is 31.7 Å². The maximum atomic E-state index is 12.5. The van der Waals surface area contributed by atoms with Crippen molar-refractivity contribution in [1.82, 2.24) is 4.90 Å². The predicted octanol–water partition coefficient (Wildman–Crippen LogP) is 2.88. The number of amides is 1. The van der Waals surface area contributed by atoms with Gasteiger partial charge in [0.1, 0.15) is 18.4 Å². The Hall–Kier alpha value is -2.62. The quantitative estimate of drug-likeness (QED) is 0.624. The molecule has 0 radical (unpaired) electrons. The van der Waals surface area contributed by atoms with Crippen LogP contribution in [0.25, 0.3) is 0 Å². The van der Waals surface area contributed by atoms with E-state index in [1.165, 1.54) is 18.2 Å². The van der Waals surface area contributed by atoms with E-state index in [2.05, 4.69) is 0 Å². The van der Waals surface area contributed by atoms with Gasteiger partial charge >= 0.3 is 0 Å². The largest absolute Gasteiger partial charge is 0.490 e. The summed E-state index contributed by atoms with van der Waals surface area (Å²) in [6.07, 6.45) is 1.72. The lowest BCUT2D eigenvalue weighted by molar-refractivity contribution is -0.385. The molecule has 1 amide bonds. The zero-order valence-corrected chi connectivity index (χ0v) is 14.1. The highest BCUT2D eigenvalue weighted by Crippen LogP contribution is 2.29. The summed E-state index contributed by atoms with van der Waals surface area (Å²) in [5.41, 5.74) is -0.829. The summed E-state index contributed by atoms with van der Waals surface area (Å²) in [5, 5.41) is 20.2. The third-order valence-electron chi connectivity index (χ3n) is 4.02. The van der Waals surface area contributed by atoms with Crippen molar-refractivity contribution in [1.29, 1.82) is 5.26 Å². The van der Waals surface area contributed by atoms with Crippen molar-refractivity contribution in [2.75, 3.05) is 13.2 Å². The number of hydrogen-bond acceptors (Lipinski definition) is 5. The van der Waals surface area contributed by atoms with E-state index in [0.717, 1.165) is 12.8 Å². The minimum Gasteiger partial charge on any atom is -0.490 e. The van der Waals surface area contributed by atoms with Gasteiger partial charge in [0.2, 0.25) is 5.91 Å². The number of hydrogen-bond donors (Lipinski definition) is 0. The molecule has 0 saturated carbocycles. The Morgan fingerprint density at radius 1 is 1.50 bits per heavy atom. The Kier molecular flexibility index (Phi) is 5.07. The minimum absolute atomic E-state index is 0.0631. The average molecular weight is 331 g/mol. The van der Waals surface area contributed by atoms with Gasteiger partial charge in [-0.15, -0.1) is 0 Å². The van der Waals surface area contributed by atoms with Crippen molar-refractivity contribution < 1.29 is 14.5 Å². The van der Waals surface area contributed by atoms with Crippen LogP contribution in [0, 0.1) is 26.9 Å². The number of carbonyl (C=O) groups is 1. The predicted molar refractivity (Wildman–Crippen MR) is 87.5 cm³/mol. The summed E-state index contributed by atoms with van der Waals surface area (Å²) < 4.78 is 5.68. The SMILES string of the molecule is CC(C)(C)C(=O)N1CCC[C@@H]1COc1cccc([N+](=O)[O-])c1C#N. The lowest BCUT2D eigenvalue weighted by Crippen LogP contribution is -2.44. The molecule has 128 valence electrons. The average Bonchev–Trinajstić information content (AvgIpc) is 2.98. The zero-order chi connectivity index (χ0) is 17.9. The Labute approximate surface area is 141 Å². The van der Waals surface area contributed by atoms with Gasteiger partial charge in [-0.1, -0.05) is 26.8 Å². The Balaban J connectivity index is 2.14. The van der Waals surface area contributed by atoms with Gasteiger partial charge < -0.3 is 9.64 Å². The van der Waals surface area contributed by atoms with E-state index in [-0.39, 0.29) is 35.6 Å². The van der Waals surface area contributed by atoms with Crippen LogP contribution in [0.4, 0.5) is 5.69 Å². The van der Waals surface area contributed by atoms with Crippen molar-refractivity contribution in [3.8, 4) is 11.8 Å². The first kappa shape index (κ1) is 17.7. The van der Waals surface area contributed by atoms with Crippen LogP contribution in [0.1, 0.15) is 39.2 Å². The summed E-state index contributed by atoms with van der Waals surface area (Å²) in [5.74, 6) is 0.245. The van der Waals surface area contributed by atoms with E-state index < -0.39 is 10.3 Å². The number of rotatable bonds is 4. The summed E-state index contributed by atoms with van der Waals surface area (Å²) >= 11 is 0. The van der Waals surface area contributed by atoms with Gasteiger partial charge in [-0.25, -0.2) is 0 Å². The highest BCUT2D eigenvalue weighted by molar-refractivity contribution is 5.82. The molecule has 0 bridgehead atoms. The third-order valence-corrected chi connectivity index (χ3v) is 4.02. The van der Waals surface area contributed by atoms with Gasteiger partial charge in [-0.3, -0.25) is 14.9 Å². The molecule has 7 heteroatoms. The van der Waals surface area contributed by atoms with Crippen LogP contribution in [-0.4, -0.2) is 34.9 Å². The van der Waals surface area contributed by atoms with E-state index in [1.54, 1.807) is 0 Å². The van der Waals surface area contributed by atoms with Crippen LogP contribution in [0.3, 0.4) is 0 Å². The molecule has 1 aromatic carbocycles. The van der Waals surface area contributed by atoms with E-state index in [9.17, 15) is 20.2 Å². The molecular weight excluding hydrogens is 310 g/mol. The van der Waals surface area contributed by atoms with Gasteiger partial charge in [0, 0.05) is 18.0 Å². The number of likely N-dealkylation sites (tertiary alicyclic amines) is 1. The van der Waals surface area contributed by atoms with Gasteiger partial charge in [-0.2, -0.15) is 5.26 Å².